The molecule has 0 nitrogen and oxygen atoms in total. The van der Waals surface area contributed by atoms with Crippen LogP contribution in [0.5, 0.6) is 0 Å². The van der Waals surface area contributed by atoms with Crippen molar-refractivity contribution in [3.8, 4) is 0 Å². The largest absolute Gasteiger partial charge is 0.0650 e. The standard InChI is InChI=1S/C6H10I2/c1-3-4-6(8)5(2)7/h3-4H2,1-2H3. The fraction of sp³-hybridized carbons (Fsp3) is 0.667. The molecule has 0 aromatic heterocycles. The summed E-state index contributed by atoms with van der Waals surface area (Å²) in [5.74, 6) is 0. The Morgan fingerprint density at radius 1 is 1.38 bits per heavy atom. The van der Waals surface area contributed by atoms with E-state index in [1.54, 1.807) is 0 Å². The predicted octanol–water partition coefficient (Wildman–Crippen LogP) is 3.89. The van der Waals surface area contributed by atoms with E-state index in [4.69, 9.17) is 0 Å². The molecule has 0 aromatic carbocycles. The van der Waals surface area contributed by atoms with Crippen molar-refractivity contribution in [2.24, 2.45) is 0 Å². The van der Waals surface area contributed by atoms with E-state index in [-0.39, 0.29) is 0 Å². The van der Waals surface area contributed by atoms with Gasteiger partial charge in [-0.05, 0) is 65.7 Å². The Labute approximate surface area is 78.4 Å². The first-order valence-electron chi connectivity index (χ1n) is 2.69. The molecule has 0 heterocycles. The maximum Gasteiger partial charge on any atom is -0.000437 e. The van der Waals surface area contributed by atoms with Crippen molar-refractivity contribution in [3.05, 3.63) is 7.16 Å². The molecule has 0 bridgehead atoms. The SMILES string of the molecule is CCCC(I)=C(C)I. The highest BCUT2D eigenvalue weighted by Crippen LogP contribution is 2.22. The van der Waals surface area contributed by atoms with Gasteiger partial charge in [0, 0.05) is 0 Å². The van der Waals surface area contributed by atoms with Gasteiger partial charge in [0.1, 0.15) is 0 Å². The summed E-state index contributed by atoms with van der Waals surface area (Å²) in [6, 6.07) is 0. The first kappa shape index (κ1) is 9.20. The number of rotatable bonds is 2. The van der Waals surface area contributed by atoms with Gasteiger partial charge in [0.05, 0.1) is 0 Å². The fourth-order valence-electron chi connectivity index (χ4n) is 0.392. The zero-order valence-corrected chi connectivity index (χ0v) is 9.49. The van der Waals surface area contributed by atoms with Crippen LogP contribution < -0.4 is 0 Å². The molecule has 0 N–H and O–H groups in total. The molecule has 2 heteroatoms. The van der Waals surface area contributed by atoms with Gasteiger partial charge in [0.15, 0.2) is 0 Å². The van der Waals surface area contributed by atoms with Crippen LogP contribution in [0.1, 0.15) is 26.7 Å². The Morgan fingerprint density at radius 3 is 2.00 bits per heavy atom. The van der Waals surface area contributed by atoms with E-state index >= 15 is 0 Å². The van der Waals surface area contributed by atoms with Gasteiger partial charge in [-0.1, -0.05) is 13.3 Å². The van der Waals surface area contributed by atoms with E-state index in [9.17, 15) is 0 Å². The van der Waals surface area contributed by atoms with Crippen LogP contribution in [-0.4, -0.2) is 0 Å². The summed E-state index contributed by atoms with van der Waals surface area (Å²) in [6.07, 6.45) is 2.51. The lowest BCUT2D eigenvalue weighted by Gasteiger charge is -1.94. The zero-order valence-electron chi connectivity index (χ0n) is 5.17. The monoisotopic (exact) mass is 336 g/mol. The van der Waals surface area contributed by atoms with Crippen LogP contribution in [0.2, 0.25) is 0 Å². The molecule has 0 aliphatic rings. The summed E-state index contributed by atoms with van der Waals surface area (Å²) in [4.78, 5) is 0. The average molecular weight is 336 g/mol. The van der Waals surface area contributed by atoms with Crippen molar-refractivity contribution in [2.75, 3.05) is 0 Å². The highest BCUT2D eigenvalue weighted by molar-refractivity contribution is 14.1. The van der Waals surface area contributed by atoms with Gasteiger partial charge in [0.2, 0.25) is 0 Å². The van der Waals surface area contributed by atoms with Gasteiger partial charge >= 0.3 is 0 Å². The topological polar surface area (TPSA) is 0 Å². The molecule has 0 saturated heterocycles. The Balaban J connectivity index is 3.62. The number of halogens is 2. The van der Waals surface area contributed by atoms with E-state index in [2.05, 4.69) is 59.0 Å². The Bertz CT molecular complexity index is 90.7. The third kappa shape index (κ3) is 4.12. The van der Waals surface area contributed by atoms with E-state index in [1.165, 1.54) is 20.0 Å². The molecule has 0 atom stereocenters. The average Bonchev–Trinajstić information content (AvgIpc) is 1.67. The molecule has 0 aliphatic heterocycles. The molecule has 0 amide bonds. The van der Waals surface area contributed by atoms with Crippen LogP contribution in [0.3, 0.4) is 0 Å². The van der Waals surface area contributed by atoms with E-state index < -0.39 is 0 Å². The molecule has 8 heavy (non-hydrogen) atoms. The summed E-state index contributed by atoms with van der Waals surface area (Å²) in [7, 11) is 0. The highest BCUT2D eigenvalue weighted by Gasteiger charge is 1.90. The highest BCUT2D eigenvalue weighted by atomic mass is 127. The second-order valence-electron chi connectivity index (χ2n) is 1.69. The van der Waals surface area contributed by atoms with E-state index in [0.29, 0.717) is 0 Å². The van der Waals surface area contributed by atoms with Crippen molar-refractivity contribution < 1.29 is 0 Å². The van der Waals surface area contributed by atoms with E-state index in [0.717, 1.165) is 0 Å². The molecular formula is C6H10I2. The molecular weight excluding hydrogens is 326 g/mol. The van der Waals surface area contributed by atoms with Crippen molar-refractivity contribution in [1.29, 1.82) is 0 Å². The van der Waals surface area contributed by atoms with Crippen molar-refractivity contribution >= 4 is 45.2 Å². The van der Waals surface area contributed by atoms with Crippen molar-refractivity contribution in [1.82, 2.24) is 0 Å². The third-order valence-electron chi connectivity index (χ3n) is 0.843. The maximum atomic E-state index is 2.40. The van der Waals surface area contributed by atoms with Crippen molar-refractivity contribution in [3.63, 3.8) is 0 Å². The fourth-order valence-corrected chi connectivity index (χ4v) is 1.20. The minimum absolute atomic E-state index is 1.25. The first-order valence-corrected chi connectivity index (χ1v) is 4.85. The van der Waals surface area contributed by atoms with Gasteiger partial charge in [-0.25, -0.2) is 0 Å². The molecule has 0 fully saturated rings. The lowest BCUT2D eigenvalue weighted by atomic mass is 10.3. The summed E-state index contributed by atoms with van der Waals surface area (Å²) in [5, 5.41) is 0. The third-order valence-corrected chi connectivity index (χ3v) is 3.87. The van der Waals surface area contributed by atoms with Gasteiger partial charge in [-0.2, -0.15) is 0 Å². The molecule has 0 aliphatic carbocycles. The van der Waals surface area contributed by atoms with Gasteiger partial charge in [-0.15, -0.1) is 0 Å². The molecule has 0 aromatic rings. The molecule has 48 valence electrons. The van der Waals surface area contributed by atoms with Crippen molar-refractivity contribution in [2.45, 2.75) is 26.7 Å². The molecule has 0 saturated carbocycles. The maximum absolute atomic E-state index is 2.40. The molecule has 0 spiro atoms. The summed E-state index contributed by atoms with van der Waals surface area (Å²) < 4.78 is 2.94. The second kappa shape index (κ2) is 5.02. The lowest BCUT2D eigenvalue weighted by molar-refractivity contribution is 0.951. The molecule has 0 unspecified atom stereocenters. The van der Waals surface area contributed by atoms with Crippen LogP contribution in [-0.2, 0) is 0 Å². The number of hydrogen-bond acceptors (Lipinski definition) is 0. The summed E-state index contributed by atoms with van der Waals surface area (Å²) in [5.41, 5.74) is 0. The zero-order chi connectivity index (χ0) is 6.57. The van der Waals surface area contributed by atoms with E-state index in [1.807, 2.05) is 0 Å². The van der Waals surface area contributed by atoms with Crippen LogP contribution in [0.4, 0.5) is 0 Å². The van der Waals surface area contributed by atoms with Gasteiger partial charge in [0.25, 0.3) is 0 Å². The second-order valence-corrected chi connectivity index (χ2v) is 4.61. The van der Waals surface area contributed by atoms with Crippen LogP contribution in [0.15, 0.2) is 7.16 Å². The Hall–Kier alpha value is 1.20. The van der Waals surface area contributed by atoms with Crippen LogP contribution in [0, 0.1) is 0 Å². The lowest BCUT2D eigenvalue weighted by Crippen LogP contribution is -1.70. The number of allylic oxidation sites excluding steroid dienone is 2. The summed E-state index contributed by atoms with van der Waals surface area (Å²) in [6.45, 7) is 4.36. The molecule has 0 rings (SSSR count). The quantitative estimate of drug-likeness (QED) is 0.672. The predicted molar refractivity (Wildman–Crippen MR) is 55.6 cm³/mol. The van der Waals surface area contributed by atoms with Crippen LogP contribution >= 0.6 is 45.2 Å². The van der Waals surface area contributed by atoms with Crippen LogP contribution in [0.25, 0.3) is 0 Å². The minimum Gasteiger partial charge on any atom is -0.0650 e. The smallest absolute Gasteiger partial charge is 0.000437 e. The number of hydrogen-bond donors (Lipinski definition) is 0. The van der Waals surface area contributed by atoms with Gasteiger partial charge in [-0.3, -0.25) is 0 Å². The normalized spacial score (nSPS) is 13.5. The first-order chi connectivity index (χ1) is 3.68. The Morgan fingerprint density at radius 2 is 1.88 bits per heavy atom. The summed E-state index contributed by atoms with van der Waals surface area (Å²) >= 11 is 4.77. The van der Waals surface area contributed by atoms with Gasteiger partial charge < -0.3 is 0 Å². The minimum atomic E-state index is 1.25. The Kier molecular flexibility index (Phi) is 5.78. The molecule has 0 radical (unpaired) electrons.